The maximum absolute atomic E-state index is 12.4. The SMILES string of the molecule is CC[Si](CC)(CC)O[C@H]([C@H](C)[C@@H](O[Si](C)(C)C(C)(C)C)[C@H](C)CO[Si](c1ccccc1)(c1ccccc1)C(C)(C)C)[C@@H](C)C=O. The number of hydrogen-bond donors (Lipinski definition) is 0. The third kappa shape index (κ3) is 9.17. The molecule has 4 nitrogen and oxygen atoms in total. The number of carbonyl (C=O) groups excluding carboxylic acids is 1. The molecular weight excluding hydrogens is 605 g/mol. The van der Waals surface area contributed by atoms with Crippen LogP contribution in [0.1, 0.15) is 83.1 Å². The normalized spacial score (nSPS) is 16.9. The Balaban J connectivity index is 2.66. The lowest BCUT2D eigenvalue weighted by Crippen LogP contribution is -2.67. The third-order valence-electron chi connectivity index (χ3n) is 10.9. The van der Waals surface area contributed by atoms with Crippen LogP contribution in [-0.2, 0) is 18.1 Å². The fraction of sp³-hybridized carbons (Fsp3) is 0.658. The van der Waals surface area contributed by atoms with E-state index in [-0.39, 0.29) is 40.0 Å². The summed E-state index contributed by atoms with van der Waals surface area (Å²) < 4.78 is 22.0. The molecule has 0 N–H and O–H groups in total. The lowest BCUT2D eigenvalue weighted by atomic mass is 9.85. The van der Waals surface area contributed by atoms with E-state index in [0.29, 0.717) is 6.61 Å². The average Bonchev–Trinajstić information content (AvgIpc) is 3.00. The van der Waals surface area contributed by atoms with Gasteiger partial charge in [-0.15, -0.1) is 0 Å². The van der Waals surface area contributed by atoms with Crippen molar-refractivity contribution in [2.75, 3.05) is 6.61 Å². The Bertz CT molecular complexity index is 1110. The molecule has 0 aliphatic heterocycles. The Labute approximate surface area is 280 Å². The summed E-state index contributed by atoms with van der Waals surface area (Å²) >= 11 is 0. The molecule has 0 aliphatic carbocycles. The molecule has 0 fully saturated rings. The quantitative estimate of drug-likeness (QED) is 0.124. The standard InChI is InChI=1S/C38H66O4Si3/c1-15-44(16-2,17-3)42-35(30(4)28-39)32(6)36(41-43(13,14)37(7,8)9)31(5)29-40-45(38(10,11)12,33-24-20-18-21-25-33)34-26-22-19-23-27-34/h18-28,30-32,35-36H,15-17,29H2,1-14H3/t30-,31+,32-,35-,36-/m0/s1. The molecule has 45 heavy (non-hydrogen) atoms. The van der Waals surface area contributed by atoms with Gasteiger partial charge in [0.25, 0.3) is 8.32 Å². The fourth-order valence-electron chi connectivity index (χ4n) is 6.62. The van der Waals surface area contributed by atoms with Crippen molar-refractivity contribution in [3.05, 3.63) is 60.7 Å². The minimum atomic E-state index is -2.72. The third-order valence-corrected chi connectivity index (χ3v) is 25.0. The van der Waals surface area contributed by atoms with Gasteiger partial charge >= 0.3 is 0 Å². The van der Waals surface area contributed by atoms with Crippen molar-refractivity contribution < 1.29 is 18.1 Å². The number of carbonyl (C=O) groups is 1. The molecule has 0 unspecified atom stereocenters. The molecule has 0 radical (unpaired) electrons. The van der Waals surface area contributed by atoms with Crippen LogP contribution in [0.4, 0.5) is 0 Å². The van der Waals surface area contributed by atoms with Crippen LogP contribution in [0, 0.1) is 17.8 Å². The van der Waals surface area contributed by atoms with E-state index < -0.39 is 25.0 Å². The molecule has 0 aliphatic rings. The van der Waals surface area contributed by atoms with Crippen molar-refractivity contribution in [3.8, 4) is 0 Å². The Hall–Kier alpha value is -1.36. The zero-order chi connectivity index (χ0) is 34.3. The van der Waals surface area contributed by atoms with Crippen molar-refractivity contribution in [3.63, 3.8) is 0 Å². The van der Waals surface area contributed by atoms with Gasteiger partial charge in [-0.2, -0.15) is 0 Å². The van der Waals surface area contributed by atoms with E-state index in [4.69, 9.17) is 13.3 Å². The number of benzene rings is 2. The first-order valence-electron chi connectivity index (χ1n) is 17.4. The number of hydrogen-bond acceptors (Lipinski definition) is 4. The highest BCUT2D eigenvalue weighted by atomic mass is 28.4. The van der Waals surface area contributed by atoms with Gasteiger partial charge in [0, 0.05) is 24.4 Å². The first-order valence-corrected chi connectivity index (χ1v) is 24.8. The van der Waals surface area contributed by atoms with Crippen LogP contribution in [0.2, 0.25) is 41.3 Å². The van der Waals surface area contributed by atoms with E-state index in [2.05, 4.69) is 150 Å². The zero-order valence-corrected chi connectivity index (χ0v) is 34.2. The maximum Gasteiger partial charge on any atom is 0.261 e. The average molecular weight is 671 g/mol. The molecule has 2 aromatic carbocycles. The van der Waals surface area contributed by atoms with Crippen molar-refractivity contribution in [1.29, 1.82) is 0 Å². The predicted octanol–water partition coefficient (Wildman–Crippen LogP) is 9.45. The van der Waals surface area contributed by atoms with Crippen LogP contribution in [0.15, 0.2) is 60.7 Å². The van der Waals surface area contributed by atoms with Crippen molar-refractivity contribution in [2.24, 2.45) is 17.8 Å². The molecule has 254 valence electrons. The summed E-state index contributed by atoms with van der Waals surface area (Å²) in [6.07, 6.45) is 0.779. The fourth-order valence-corrected chi connectivity index (χ4v) is 15.8. The van der Waals surface area contributed by atoms with Crippen LogP contribution in [0.25, 0.3) is 0 Å². The summed E-state index contributed by atoms with van der Waals surface area (Å²) in [5.74, 6) is -0.109. The monoisotopic (exact) mass is 670 g/mol. The predicted molar refractivity (Wildman–Crippen MR) is 201 cm³/mol. The van der Waals surface area contributed by atoms with Gasteiger partial charge < -0.3 is 18.1 Å². The second-order valence-electron chi connectivity index (χ2n) is 16.0. The first-order chi connectivity index (χ1) is 20.9. The topological polar surface area (TPSA) is 44.8 Å². The Morgan fingerprint density at radius 1 is 0.689 bits per heavy atom. The van der Waals surface area contributed by atoms with Crippen molar-refractivity contribution >= 4 is 41.6 Å². The summed E-state index contributed by atoms with van der Waals surface area (Å²) in [6, 6.07) is 24.9. The van der Waals surface area contributed by atoms with E-state index in [0.717, 1.165) is 24.4 Å². The number of aldehydes is 1. The summed E-state index contributed by atoms with van der Waals surface area (Å²) in [4.78, 5) is 12.4. The number of rotatable bonds is 17. The molecule has 0 saturated heterocycles. The smallest absolute Gasteiger partial charge is 0.261 e. The van der Waals surface area contributed by atoms with E-state index in [1.165, 1.54) is 10.4 Å². The zero-order valence-electron chi connectivity index (χ0n) is 31.2. The van der Waals surface area contributed by atoms with E-state index >= 15 is 0 Å². The maximum atomic E-state index is 12.4. The molecule has 0 spiro atoms. The van der Waals surface area contributed by atoms with Gasteiger partial charge in [0.2, 0.25) is 0 Å². The van der Waals surface area contributed by atoms with Gasteiger partial charge in [0.05, 0.1) is 12.2 Å². The largest absolute Gasteiger partial charge is 0.413 e. The molecular formula is C38H66O4Si3. The molecule has 2 aromatic rings. The van der Waals surface area contributed by atoms with E-state index in [1.807, 2.05) is 6.92 Å². The van der Waals surface area contributed by atoms with Crippen LogP contribution >= 0.6 is 0 Å². The van der Waals surface area contributed by atoms with Crippen LogP contribution < -0.4 is 10.4 Å². The minimum absolute atomic E-state index is 0.0219. The molecule has 0 heterocycles. The highest BCUT2D eigenvalue weighted by molar-refractivity contribution is 6.99. The Morgan fingerprint density at radius 3 is 1.49 bits per heavy atom. The second kappa shape index (κ2) is 16.2. The van der Waals surface area contributed by atoms with Crippen LogP contribution in [0.5, 0.6) is 0 Å². The molecule has 7 heteroatoms. The molecule has 0 amide bonds. The van der Waals surface area contributed by atoms with Crippen molar-refractivity contribution in [1.82, 2.24) is 0 Å². The van der Waals surface area contributed by atoms with Crippen LogP contribution in [0.3, 0.4) is 0 Å². The summed E-state index contributed by atoms with van der Waals surface area (Å²) in [5, 5.41) is 2.51. The highest BCUT2D eigenvalue weighted by Gasteiger charge is 2.51. The molecule has 5 atom stereocenters. The van der Waals surface area contributed by atoms with Gasteiger partial charge in [-0.1, -0.05) is 144 Å². The lowest BCUT2D eigenvalue weighted by molar-refractivity contribution is -0.115. The van der Waals surface area contributed by atoms with E-state index in [9.17, 15) is 4.79 Å². The summed E-state index contributed by atoms with van der Waals surface area (Å²) in [5.41, 5.74) is 0. The van der Waals surface area contributed by atoms with Gasteiger partial charge in [-0.3, -0.25) is 0 Å². The second-order valence-corrected chi connectivity index (χ2v) is 29.8. The minimum Gasteiger partial charge on any atom is -0.413 e. The molecule has 0 aromatic heterocycles. The van der Waals surface area contributed by atoms with Crippen LogP contribution in [-0.4, -0.2) is 50.1 Å². The van der Waals surface area contributed by atoms with Gasteiger partial charge in [0.1, 0.15) is 6.29 Å². The van der Waals surface area contributed by atoms with Gasteiger partial charge in [0.15, 0.2) is 16.6 Å². The highest BCUT2D eigenvalue weighted by Crippen LogP contribution is 2.42. The Morgan fingerprint density at radius 2 is 1.13 bits per heavy atom. The molecule has 2 rings (SSSR count). The molecule has 0 saturated carbocycles. The summed E-state index contributed by atoms with van der Waals surface area (Å²) in [6.45, 7) is 32.5. The summed E-state index contributed by atoms with van der Waals surface area (Å²) in [7, 11) is -6.90. The van der Waals surface area contributed by atoms with Gasteiger partial charge in [-0.25, -0.2) is 0 Å². The first kappa shape index (κ1) is 39.8. The Kier molecular flexibility index (Phi) is 14.3. The van der Waals surface area contributed by atoms with Gasteiger partial charge in [-0.05, 0) is 51.7 Å². The van der Waals surface area contributed by atoms with E-state index in [1.54, 1.807) is 0 Å². The molecule has 0 bridgehead atoms. The van der Waals surface area contributed by atoms with Crippen molar-refractivity contribution in [2.45, 2.75) is 137 Å². The lowest BCUT2D eigenvalue weighted by Gasteiger charge is -2.48.